The van der Waals surface area contributed by atoms with Crippen molar-refractivity contribution in [2.24, 2.45) is 12.8 Å². The fourth-order valence-electron chi connectivity index (χ4n) is 3.13. The molecule has 0 saturated heterocycles. The molecule has 2 heterocycles. The molecule has 1 aromatic heterocycles. The summed E-state index contributed by atoms with van der Waals surface area (Å²) in [5.74, 6) is 1.19. The Labute approximate surface area is 144 Å². The molecule has 0 saturated carbocycles. The maximum absolute atomic E-state index is 13.1. The number of halogens is 1. The Bertz CT molecular complexity index is 906. The smallest absolute Gasteiger partial charge is 0.231 e. The Morgan fingerprint density at radius 1 is 1.12 bits per heavy atom. The highest BCUT2D eigenvalue weighted by Gasteiger charge is 2.21. The number of nitrogens with zero attached hydrogens (tertiary/aromatic N) is 2. The number of fused-ring (bicyclic) bond motifs is 1. The highest BCUT2D eigenvalue weighted by atomic mass is 19.1. The molecule has 2 aromatic carbocycles. The van der Waals surface area contributed by atoms with Crippen LogP contribution in [0.2, 0.25) is 0 Å². The normalized spacial score (nSPS) is 13.9. The average molecular weight is 339 g/mol. The third-order valence-electron chi connectivity index (χ3n) is 4.45. The lowest BCUT2D eigenvalue weighted by atomic mass is 9.94. The lowest BCUT2D eigenvalue weighted by molar-refractivity contribution is 0.174. The molecule has 0 bridgehead atoms. The second-order valence-electron chi connectivity index (χ2n) is 5.99. The minimum atomic E-state index is -0.264. The van der Waals surface area contributed by atoms with E-state index in [2.05, 4.69) is 5.10 Å². The maximum atomic E-state index is 13.1. The fraction of sp³-hybridized carbons (Fsp3) is 0.211. The Balaban J connectivity index is 1.71. The van der Waals surface area contributed by atoms with E-state index in [1.165, 1.54) is 12.1 Å². The summed E-state index contributed by atoms with van der Waals surface area (Å²) in [6.45, 7) is 0.675. The molecule has 0 spiro atoms. The molecule has 6 heteroatoms. The van der Waals surface area contributed by atoms with Gasteiger partial charge in [-0.25, -0.2) is 4.39 Å². The van der Waals surface area contributed by atoms with Crippen LogP contribution in [0.4, 0.5) is 4.39 Å². The summed E-state index contributed by atoms with van der Waals surface area (Å²) in [5.41, 5.74) is 9.74. The van der Waals surface area contributed by atoms with E-state index in [4.69, 9.17) is 15.2 Å². The Morgan fingerprint density at radius 3 is 2.64 bits per heavy atom. The first-order valence-corrected chi connectivity index (χ1v) is 8.05. The van der Waals surface area contributed by atoms with Crippen molar-refractivity contribution in [3.63, 3.8) is 0 Å². The van der Waals surface area contributed by atoms with E-state index in [0.29, 0.717) is 6.54 Å². The molecule has 0 radical (unpaired) electrons. The Kier molecular flexibility index (Phi) is 3.89. The molecule has 0 fully saturated rings. The number of benzene rings is 2. The molecule has 5 nitrogen and oxygen atoms in total. The van der Waals surface area contributed by atoms with Gasteiger partial charge in [0.25, 0.3) is 0 Å². The van der Waals surface area contributed by atoms with Crippen molar-refractivity contribution in [2.45, 2.75) is 5.92 Å². The van der Waals surface area contributed by atoms with Gasteiger partial charge in [0.05, 0.1) is 5.69 Å². The van der Waals surface area contributed by atoms with Crippen LogP contribution in [0.5, 0.6) is 11.5 Å². The number of hydrogen-bond donors (Lipinski definition) is 1. The van der Waals surface area contributed by atoms with Crippen LogP contribution in [0.3, 0.4) is 0 Å². The van der Waals surface area contributed by atoms with Gasteiger partial charge >= 0.3 is 0 Å². The quantitative estimate of drug-likeness (QED) is 0.794. The van der Waals surface area contributed by atoms with Crippen molar-refractivity contribution in [3.05, 3.63) is 65.6 Å². The molecule has 1 atom stereocenters. The topological polar surface area (TPSA) is 62.3 Å². The predicted molar refractivity (Wildman–Crippen MR) is 92.1 cm³/mol. The van der Waals surface area contributed by atoms with Gasteiger partial charge in [-0.1, -0.05) is 6.07 Å². The van der Waals surface area contributed by atoms with Crippen LogP contribution >= 0.6 is 0 Å². The number of hydrogen-bond acceptors (Lipinski definition) is 4. The van der Waals surface area contributed by atoms with Crippen LogP contribution in [0.1, 0.15) is 17.2 Å². The van der Waals surface area contributed by atoms with E-state index in [-0.39, 0.29) is 18.5 Å². The van der Waals surface area contributed by atoms with Crippen molar-refractivity contribution in [1.82, 2.24) is 9.78 Å². The first-order valence-electron chi connectivity index (χ1n) is 8.05. The minimum absolute atomic E-state index is 0.0267. The maximum Gasteiger partial charge on any atom is 0.231 e. The van der Waals surface area contributed by atoms with Gasteiger partial charge in [-0.15, -0.1) is 0 Å². The van der Waals surface area contributed by atoms with Crippen LogP contribution in [-0.4, -0.2) is 23.1 Å². The van der Waals surface area contributed by atoms with Crippen molar-refractivity contribution >= 4 is 0 Å². The number of rotatable bonds is 4. The van der Waals surface area contributed by atoms with E-state index in [0.717, 1.165) is 34.0 Å². The number of aryl methyl sites for hydroxylation is 1. The molecule has 25 heavy (non-hydrogen) atoms. The lowest BCUT2D eigenvalue weighted by Crippen LogP contribution is -2.17. The molecule has 1 aliphatic heterocycles. The number of ether oxygens (including phenoxy) is 2. The second kappa shape index (κ2) is 6.22. The molecule has 128 valence electrons. The largest absolute Gasteiger partial charge is 0.454 e. The van der Waals surface area contributed by atoms with Gasteiger partial charge in [0.1, 0.15) is 5.82 Å². The monoisotopic (exact) mass is 339 g/mol. The molecule has 0 aliphatic carbocycles. The van der Waals surface area contributed by atoms with Gasteiger partial charge in [0.2, 0.25) is 6.79 Å². The molecule has 1 unspecified atom stereocenters. The van der Waals surface area contributed by atoms with E-state index >= 15 is 0 Å². The van der Waals surface area contributed by atoms with Gasteiger partial charge in [0.15, 0.2) is 11.5 Å². The first-order chi connectivity index (χ1) is 12.2. The first kappa shape index (κ1) is 15.7. The summed E-state index contributed by atoms with van der Waals surface area (Å²) in [6, 6.07) is 14.2. The zero-order valence-corrected chi connectivity index (χ0v) is 13.8. The minimum Gasteiger partial charge on any atom is -0.454 e. The van der Waals surface area contributed by atoms with E-state index in [9.17, 15) is 4.39 Å². The van der Waals surface area contributed by atoms with Crippen LogP contribution in [0.25, 0.3) is 11.3 Å². The molecule has 4 rings (SSSR count). The van der Waals surface area contributed by atoms with E-state index in [1.54, 1.807) is 12.1 Å². The fourth-order valence-corrected chi connectivity index (χ4v) is 3.13. The summed E-state index contributed by atoms with van der Waals surface area (Å²) in [5, 5.41) is 4.56. The van der Waals surface area contributed by atoms with Crippen LogP contribution < -0.4 is 15.2 Å². The van der Waals surface area contributed by atoms with Crippen molar-refractivity contribution in [1.29, 1.82) is 0 Å². The zero-order valence-electron chi connectivity index (χ0n) is 13.8. The molecular weight excluding hydrogens is 321 g/mol. The van der Waals surface area contributed by atoms with Gasteiger partial charge in [-0.05, 0) is 48.0 Å². The standard InChI is InChI=1S/C19H18FN3O2/c1-23-17(9-16(22-23)12-2-5-14(20)6-3-12)15(10-21)13-4-7-18-19(8-13)25-11-24-18/h2-9,15H,10-11,21H2,1H3. The average Bonchev–Trinajstić information content (AvgIpc) is 3.23. The lowest BCUT2D eigenvalue weighted by Gasteiger charge is -2.16. The van der Waals surface area contributed by atoms with E-state index < -0.39 is 0 Å². The van der Waals surface area contributed by atoms with Crippen molar-refractivity contribution in [3.8, 4) is 22.8 Å². The molecule has 0 amide bonds. The molecule has 2 N–H and O–H groups in total. The van der Waals surface area contributed by atoms with Crippen molar-refractivity contribution in [2.75, 3.05) is 13.3 Å². The van der Waals surface area contributed by atoms with Gasteiger partial charge in [-0.3, -0.25) is 4.68 Å². The number of aromatic nitrogens is 2. The predicted octanol–water partition coefficient (Wildman–Crippen LogP) is 3.05. The van der Waals surface area contributed by atoms with Gasteiger partial charge < -0.3 is 15.2 Å². The summed E-state index contributed by atoms with van der Waals surface area (Å²) in [4.78, 5) is 0. The summed E-state index contributed by atoms with van der Waals surface area (Å²) in [7, 11) is 1.89. The zero-order chi connectivity index (χ0) is 17.4. The molecule has 3 aromatic rings. The highest BCUT2D eigenvalue weighted by Crippen LogP contribution is 2.36. The van der Waals surface area contributed by atoms with Gasteiger partial charge in [-0.2, -0.15) is 5.10 Å². The summed E-state index contributed by atoms with van der Waals surface area (Å²) < 4.78 is 25.8. The Morgan fingerprint density at radius 2 is 1.88 bits per heavy atom. The van der Waals surface area contributed by atoms with E-state index in [1.807, 2.05) is 36.0 Å². The van der Waals surface area contributed by atoms with Crippen LogP contribution in [0, 0.1) is 5.82 Å². The third kappa shape index (κ3) is 2.85. The van der Waals surface area contributed by atoms with Crippen molar-refractivity contribution < 1.29 is 13.9 Å². The van der Waals surface area contributed by atoms with Crippen LogP contribution in [0.15, 0.2) is 48.5 Å². The SMILES string of the molecule is Cn1nc(-c2ccc(F)cc2)cc1C(CN)c1ccc2c(c1)OCO2. The number of nitrogens with two attached hydrogens (primary N) is 1. The summed E-state index contributed by atoms with van der Waals surface area (Å²) in [6.07, 6.45) is 0. The third-order valence-corrected chi connectivity index (χ3v) is 4.45. The summed E-state index contributed by atoms with van der Waals surface area (Å²) >= 11 is 0. The second-order valence-corrected chi connectivity index (χ2v) is 5.99. The molecular formula is C19H18FN3O2. The highest BCUT2D eigenvalue weighted by molar-refractivity contribution is 5.60. The van der Waals surface area contributed by atoms with Crippen LogP contribution in [-0.2, 0) is 7.05 Å². The van der Waals surface area contributed by atoms with Gasteiger partial charge in [0, 0.05) is 30.8 Å². The molecule has 1 aliphatic rings. The Hall–Kier alpha value is -2.86.